The molecule has 1 aromatic rings. The Balaban J connectivity index is 2.28. The van der Waals surface area contributed by atoms with Crippen LogP contribution in [0.4, 0.5) is 5.69 Å². The molecule has 1 fully saturated rings. The molecule has 1 aliphatic rings. The highest BCUT2D eigenvalue weighted by Gasteiger charge is 2.31. The van der Waals surface area contributed by atoms with E-state index in [0.29, 0.717) is 12.0 Å². The molecule has 18 heavy (non-hydrogen) atoms. The Bertz CT molecular complexity index is 384. The van der Waals surface area contributed by atoms with Crippen LogP contribution in [0.15, 0.2) is 24.3 Å². The molecule has 0 aliphatic heterocycles. The first-order chi connectivity index (χ1) is 8.63. The number of hydrogen-bond donors (Lipinski definition) is 1. The molecule has 2 nitrogen and oxygen atoms in total. The second-order valence-electron chi connectivity index (χ2n) is 5.76. The third-order valence-electron chi connectivity index (χ3n) is 3.54. The number of aliphatic hydroxyl groups excluding tert-OH is 1. The standard InChI is InChI=1S/C16H25NO/c1-4-16(18)14-7-5-6-8-15(14)17(11-12(2)3)13-9-10-13/h5-8,12-13,16,18H,4,9-11H2,1-3H3/t16-/m1/s1. The maximum atomic E-state index is 10.2. The number of para-hydroxylation sites is 1. The van der Waals surface area contributed by atoms with Crippen molar-refractivity contribution >= 4 is 5.69 Å². The molecule has 0 heterocycles. The highest BCUT2D eigenvalue weighted by Crippen LogP contribution is 2.36. The summed E-state index contributed by atoms with van der Waals surface area (Å²) < 4.78 is 0. The highest BCUT2D eigenvalue weighted by molar-refractivity contribution is 5.56. The predicted octanol–water partition coefficient (Wildman–Crippen LogP) is 3.75. The summed E-state index contributed by atoms with van der Waals surface area (Å²) in [6, 6.07) is 9.03. The molecule has 100 valence electrons. The van der Waals surface area contributed by atoms with E-state index in [4.69, 9.17) is 0 Å². The highest BCUT2D eigenvalue weighted by atomic mass is 16.3. The van der Waals surface area contributed by atoms with E-state index < -0.39 is 0 Å². The Labute approximate surface area is 111 Å². The van der Waals surface area contributed by atoms with E-state index in [9.17, 15) is 5.11 Å². The number of nitrogens with zero attached hydrogens (tertiary/aromatic N) is 1. The zero-order valence-corrected chi connectivity index (χ0v) is 11.8. The fourth-order valence-electron chi connectivity index (χ4n) is 2.47. The first-order valence-electron chi connectivity index (χ1n) is 7.17. The molecular formula is C16H25NO. The smallest absolute Gasteiger partial charge is 0.0807 e. The van der Waals surface area contributed by atoms with Gasteiger partial charge in [-0.05, 0) is 31.2 Å². The average Bonchev–Trinajstić information content (AvgIpc) is 3.19. The maximum Gasteiger partial charge on any atom is 0.0807 e. The van der Waals surface area contributed by atoms with Gasteiger partial charge in [0.2, 0.25) is 0 Å². The summed E-state index contributed by atoms with van der Waals surface area (Å²) in [5.74, 6) is 0.650. The zero-order valence-electron chi connectivity index (χ0n) is 11.8. The summed E-state index contributed by atoms with van der Waals surface area (Å²) in [4.78, 5) is 2.50. The molecule has 0 spiro atoms. The Morgan fingerprint density at radius 3 is 2.50 bits per heavy atom. The maximum absolute atomic E-state index is 10.2. The molecule has 0 aromatic heterocycles. The van der Waals surface area contributed by atoms with Gasteiger partial charge in [0.15, 0.2) is 0 Å². The second kappa shape index (κ2) is 5.75. The van der Waals surface area contributed by atoms with Crippen LogP contribution in [0.2, 0.25) is 0 Å². The van der Waals surface area contributed by atoms with Crippen molar-refractivity contribution in [2.24, 2.45) is 5.92 Å². The monoisotopic (exact) mass is 247 g/mol. The second-order valence-corrected chi connectivity index (χ2v) is 5.76. The number of anilines is 1. The fourth-order valence-corrected chi connectivity index (χ4v) is 2.47. The number of hydrogen-bond acceptors (Lipinski definition) is 2. The Morgan fingerprint density at radius 2 is 1.94 bits per heavy atom. The first-order valence-corrected chi connectivity index (χ1v) is 7.17. The molecule has 2 heteroatoms. The van der Waals surface area contributed by atoms with Crippen molar-refractivity contribution in [2.45, 2.75) is 52.2 Å². The molecule has 1 saturated carbocycles. The summed E-state index contributed by atoms with van der Waals surface area (Å²) in [5.41, 5.74) is 2.33. The lowest BCUT2D eigenvalue weighted by atomic mass is 10.0. The van der Waals surface area contributed by atoms with Gasteiger partial charge in [0.1, 0.15) is 0 Å². The molecule has 0 radical (unpaired) electrons. The van der Waals surface area contributed by atoms with E-state index in [1.54, 1.807) is 0 Å². The van der Waals surface area contributed by atoms with Gasteiger partial charge < -0.3 is 10.0 Å². The first kappa shape index (κ1) is 13.4. The van der Waals surface area contributed by atoms with Gasteiger partial charge in [0, 0.05) is 23.8 Å². The molecule has 1 aromatic carbocycles. The zero-order chi connectivity index (χ0) is 13.1. The van der Waals surface area contributed by atoms with Gasteiger partial charge in [0.25, 0.3) is 0 Å². The van der Waals surface area contributed by atoms with Crippen LogP contribution < -0.4 is 4.90 Å². The molecule has 1 atom stereocenters. The lowest BCUT2D eigenvalue weighted by Crippen LogP contribution is -2.31. The molecule has 1 N–H and O–H groups in total. The van der Waals surface area contributed by atoms with Gasteiger partial charge >= 0.3 is 0 Å². The predicted molar refractivity (Wildman–Crippen MR) is 76.9 cm³/mol. The Morgan fingerprint density at radius 1 is 1.28 bits per heavy atom. The minimum absolute atomic E-state index is 0.338. The van der Waals surface area contributed by atoms with Crippen molar-refractivity contribution in [3.05, 3.63) is 29.8 Å². The summed E-state index contributed by atoms with van der Waals surface area (Å²) in [6.45, 7) is 7.63. The van der Waals surface area contributed by atoms with E-state index in [1.165, 1.54) is 18.5 Å². The third kappa shape index (κ3) is 3.05. The average molecular weight is 247 g/mol. The summed E-state index contributed by atoms with van der Waals surface area (Å²) in [6.07, 6.45) is 3.03. The largest absolute Gasteiger partial charge is 0.388 e. The van der Waals surface area contributed by atoms with Gasteiger partial charge in [-0.2, -0.15) is 0 Å². The van der Waals surface area contributed by atoms with Gasteiger partial charge in [-0.1, -0.05) is 39.0 Å². The molecule has 0 saturated heterocycles. The molecule has 0 bridgehead atoms. The van der Waals surface area contributed by atoms with Crippen LogP contribution in [0.25, 0.3) is 0 Å². The van der Waals surface area contributed by atoms with Crippen LogP contribution in [0.3, 0.4) is 0 Å². The molecule has 1 aliphatic carbocycles. The van der Waals surface area contributed by atoms with Crippen molar-refractivity contribution in [3.8, 4) is 0 Å². The third-order valence-corrected chi connectivity index (χ3v) is 3.54. The van der Waals surface area contributed by atoms with E-state index in [2.05, 4.69) is 36.9 Å². The fraction of sp³-hybridized carbons (Fsp3) is 0.625. The van der Waals surface area contributed by atoms with Crippen LogP contribution in [0.1, 0.15) is 51.7 Å². The van der Waals surface area contributed by atoms with Crippen molar-refractivity contribution in [1.82, 2.24) is 0 Å². The lowest BCUT2D eigenvalue weighted by molar-refractivity contribution is 0.174. The van der Waals surface area contributed by atoms with E-state index in [0.717, 1.165) is 18.5 Å². The summed E-state index contributed by atoms with van der Waals surface area (Å²) in [7, 11) is 0. The van der Waals surface area contributed by atoms with Crippen molar-refractivity contribution in [3.63, 3.8) is 0 Å². The van der Waals surface area contributed by atoms with Crippen LogP contribution in [0, 0.1) is 5.92 Å². The lowest BCUT2D eigenvalue weighted by Gasteiger charge is -2.30. The number of aliphatic hydroxyl groups is 1. The normalized spacial score (nSPS) is 16.9. The minimum atomic E-state index is -0.338. The van der Waals surface area contributed by atoms with E-state index >= 15 is 0 Å². The summed E-state index contributed by atoms with van der Waals surface area (Å²) >= 11 is 0. The van der Waals surface area contributed by atoms with Gasteiger partial charge in [-0.3, -0.25) is 0 Å². The molecule has 0 amide bonds. The SMILES string of the molecule is CC[C@@H](O)c1ccccc1N(CC(C)C)C1CC1. The van der Waals surface area contributed by atoms with Crippen molar-refractivity contribution < 1.29 is 5.11 Å². The minimum Gasteiger partial charge on any atom is -0.388 e. The molecular weight excluding hydrogens is 222 g/mol. The van der Waals surface area contributed by atoms with Crippen LogP contribution in [-0.4, -0.2) is 17.7 Å². The van der Waals surface area contributed by atoms with Gasteiger partial charge in [0.05, 0.1) is 6.10 Å². The Hall–Kier alpha value is -1.02. The molecule has 2 rings (SSSR count). The Kier molecular flexibility index (Phi) is 4.28. The van der Waals surface area contributed by atoms with Crippen LogP contribution >= 0.6 is 0 Å². The van der Waals surface area contributed by atoms with Crippen molar-refractivity contribution in [2.75, 3.05) is 11.4 Å². The van der Waals surface area contributed by atoms with Crippen molar-refractivity contribution in [1.29, 1.82) is 0 Å². The summed E-state index contributed by atoms with van der Waals surface area (Å²) in [5, 5.41) is 10.2. The van der Waals surface area contributed by atoms with E-state index in [1.807, 2.05) is 13.0 Å². The number of rotatable bonds is 6. The molecule has 0 unspecified atom stereocenters. The quantitative estimate of drug-likeness (QED) is 0.827. The van der Waals surface area contributed by atoms with E-state index in [-0.39, 0.29) is 6.10 Å². The van der Waals surface area contributed by atoms with Crippen LogP contribution in [-0.2, 0) is 0 Å². The van der Waals surface area contributed by atoms with Gasteiger partial charge in [-0.25, -0.2) is 0 Å². The van der Waals surface area contributed by atoms with Crippen LogP contribution in [0.5, 0.6) is 0 Å². The topological polar surface area (TPSA) is 23.5 Å². The van der Waals surface area contributed by atoms with Gasteiger partial charge in [-0.15, -0.1) is 0 Å². The number of benzene rings is 1.